The Labute approximate surface area is 224 Å². The van der Waals surface area contributed by atoms with Crippen molar-refractivity contribution in [1.82, 2.24) is 24.5 Å². The van der Waals surface area contributed by atoms with Crippen LogP contribution in [-0.4, -0.2) is 75.4 Å². The molecule has 1 aromatic heterocycles. The van der Waals surface area contributed by atoms with Gasteiger partial charge in [0, 0.05) is 56.3 Å². The third kappa shape index (κ3) is 6.71. The third-order valence-electron chi connectivity index (χ3n) is 6.18. The van der Waals surface area contributed by atoms with E-state index >= 15 is 0 Å². The molecule has 2 unspecified atom stereocenters. The molecule has 1 saturated heterocycles. The Morgan fingerprint density at radius 3 is 2.29 bits per heavy atom. The van der Waals surface area contributed by atoms with Gasteiger partial charge in [-0.05, 0) is 48.9 Å². The maximum atomic E-state index is 12.8. The Morgan fingerprint density at radius 2 is 1.68 bits per heavy atom. The van der Waals surface area contributed by atoms with E-state index in [1.165, 1.54) is 4.90 Å². The van der Waals surface area contributed by atoms with Gasteiger partial charge in [0.25, 0.3) is 5.91 Å². The van der Waals surface area contributed by atoms with E-state index in [0.29, 0.717) is 54.7 Å². The number of anilines is 2. The van der Waals surface area contributed by atoms with E-state index in [-0.39, 0.29) is 12.1 Å². The highest BCUT2D eigenvalue weighted by Crippen LogP contribution is 2.22. The van der Waals surface area contributed by atoms with Crippen molar-refractivity contribution in [2.45, 2.75) is 24.5 Å². The van der Waals surface area contributed by atoms with E-state index in [0.717, 1.165) is 11.3 Å². The van der Waals surface area contributed by atoms with Crippen LogP contribution < -0.4 is 15.8 Å². The number of amides is 3. The van der Waals surface area contributed by atoms with Crippen LogP contribution >= 0.6 is 0 Å². The highest BCUT2D eigenvalue weighted by Gasteiger charge is 2.23. The molecule has 1 aliphatic rings. The largest absolute Gasteiger partial charge is 0.366 e. The molecule has 2 atom stereocenters. The Bertz CT molecular complexity index is 1280. The molecule has 11 nitrogen and oxygen atoms in total. The highest BCUT2D eigenvalue weighted by molar-refractivity contribution is 7.83. The van der Waals surface area contributed by atoms with Crippen molar-refractivity contribution in [3.8, 4) is 11.3 Å². The summed E-state index contributed by atoms with van der Waals surface area (Å²) >= 11 is 0. The van der Waals surface area contributed by atoms with Crippen molar-refractivity contribution >= 4 is 34.6 Å². The molecular formula is C26H31N7O4S. The topological polar surface area (TPSA) is 143 Å². The van der Waals surface area contributed by atoms with Gasteiger partial charge < -0.3 is 25.6 Å². The number of hydrogen-bond acceptors (Lipinski definition) is 7. The Balaban J connectivity index is 1.38. The van der Waals surface area contributed by atoms with E-state index in [2.05, 4.69) is 20.0 Å². The van der Waals surface area contributed by atoms with Crippen molar-refractivity contribution in [3.05, 3.63) is 66.4 Å². The molecule has 0 saturated carbocycles. The molecule has 2 aromatic carbocycles. The summed E-state index contributed by atoms with van der Waals surface area (Å²) in [5.74, 6) is 0.315. The zero-order valence-electron chi connectivity index (χ0n) is 21.3. The molecule has 1 aliphatic heterocycles. The molecule has 1 fully saturated rings. The lowest BCUT2D eigenvalue weighted by Gasteiger charge is -2.33. The van der Waals surface area contributed by atoms with Crippen LogP contribution in [0.4, 0.5) is 16.4 Å². The van der Waals surface area contributed by atoms with E-state index in [1.807, 2.05) is 19.1 Å². The molecule has 0 bridgehead atoms. The van der Waals surface area contributed by atoms with Crippen LogP contribution in [0.5, 0.6) is 0 Å². The number of ether oxygens (including phenoxy) is 1. The molecule has 4 rings (SSSR count). The number of urea groups is 1. The number of carbonyl (C=O) groups excluding carboxylic acids is 2. The normalized spacial score (nSPS) is 15.1. The van der Waals surface area contributed by atoms with Gasteiger partial charge in [0.15, 0.2) is 0 Å². The molecule has 38 heavy (non-hydrogen) atoms. The molecule has 0 spiro atoms. The van der Waals surface area contributed by atoms with Crippen LogP contribution in [0.1, 0.15) is 23.7 Å². The quantitative estimate of drug-likeness (QED) is 0.356. The first-order valence-corrected chi connectivity index (χ1v) is 13.4. The van der Waals surface area contributed by atoms with Crippen molar-refractivity contribution in [3.63, 3.8) is 0 Å². The number of rotatable bonds is 9. The summed E-state index contributed by atoms with van der Waals surface area (Å²) in [6.45, 7) is 3.70. The second-order valence-corrected chi connectivity index (χ2v) is 9.87. The van der Waals surface area contributed by atoms with Crippen LogP contribution in [0.15, 0.2) is 65.7 Å². The molecule has 200 valence electrons. The van der Waals surface area contributed by atoms with Crippen molar-refractivity contribution in [2.75, 3.05) is 38.6 Å². The number of piperazine rings is 1. The van der Waals surface area contributed by atoms with Gasteiger partial charge in [-0.1, -0.05) is 19.1 Å². The highest BCUT2D eigenvalue weighted by atomic mass is 32.2. The molecule has 2 heterocycles. The first-order chi connectivity index (χ1) is 18.4. The zero-order valence-corrected chi connectivity index (χ0v) is 22.1. The van der Waals surface area contributed by atoms with E-state index in [4.69, 9.17) is 10.5 Å². The fourth-order valence-electron chi connectivity index (χ4n) is 3.95. The number of nitrogens with two attached hydrogens (primary N) is 1. The van der Waals surface area contributed by atoms with Gasteiger partial charge in [-0.15, -0.1) is 0 Å². The van der Waals surface area contributed by atoms with Crippen molar-refractivity contribution in [1.29, 1.82) is 0 Å². The van der Waals surface area contributed by atoms with E-state index < -0.39 is 17.0 Å². The van der Waals surface area contributed by atoms with Crippen molar-refractivity contribution < 1.29 is 18.5 Å². The summed E-state index contributed by atoms with van der Waals surface area (Å²) in [6.07, 6.45) is 2.08. The van der Waals surface area contributed by atoms with Crippen LogP contribution in [0.3, 0.4) is 0 Å². The number of nitrogens with one attached hydrogen (secondary N) is 2. The maximum absolute atomic E-state index is 12.8. The second kappa shape index (κ2) is 12.6. The van der Waals surface area contributed by atoms with Gasteiger partial charge in [-0.2, -0.15) is 0 Å². The molecule has 3 amide bonds. The van der Waals surface area contributed by atoms with Crippen LogP contribution in [-0.2, 0) is 15.7 Å². The van der Waals surface area contributed by atoms with Gasteiger partial charge in [-0.3, -0.25) is 4.79 Å². The molecule has 12 heteroatoms. The number of primary amides is 1. The van der Waals surface area contributed by atoms with E-state index in [9.17, 15) is 13.8 Å². The summed E-state index contributed by atoms with van der Waals surface area (Å²) in [4.78, 5) is 36.9. The first-order valence-electron chi connectivity index (χ1n) is 12.2. The summed E-state index contributed by atoms with van der Waals surface area (Å²) in [7, 11) is 0.189. The lowest BCUT2D eigenvalue weighted by atomic mass is 10.1. The predicted molar refractivity (Wildman–Crippen MR) is 145 cm³/mol. The molecule has 0 radical (unpaired) electrons. The fraction of sp³-hybridized carbons (Fsp3) is 0.308. The Hall–Kier alpha value is -3.87. The number of aromatic nitrogens is 2. The maximum Gasteiger partial charge on any atom is 0.314 e. The first kappa shape index (κ1) is 27.2. The average molecular weight is 538 g/mol. The van der Waals surface area contributed by atoms with Crippen LogP contribution in [0.2, 0.25) is 0 Å². The monoisotopic (exact) mass is 537 g/mol. The summed E-state index contributed by atoms with van der Waals surface area (Å²) in [5, 5.41) is 3.16. The van der Waals surface area contributed by atoms with Crippen LogP contribution in [0.25, 0.3) is 11.3 Å². The minimum Gasteiger partial charge on any atom is -0.366 e. The SMILES string of the molecule is CCC(NS(=O)c1ccc(-c2ccnc(Nc3ccc(C(=O)N4CCN(C(N)=O)CC4)cc3)n2)cc1)OC. The second-order valence-electron chi connectivity index (χ2n) is 8.63. The average Bonchev–Trinajstić information content (AvgIpc) is 2.96. The summed E-state index contributed by atoms with van der Waals surface area (Å²) in [5.41, 5.74) is 8.16. The summed E-state index contributed by atoms with van der Waals surface area (Å²) < 4.78 is 20.7. The number of methoxy groups -OCH3 is 1. The van der Waals surface area contributed by atoms with Crippen molar-refractivity contribution in [2.24, 2.45) is 5.73 Å². The molecular weight excluding hydrogens is 506 g/mol. The number of benzene rings is 2. The minimum absolute atomic E-state index is 0.0917. The standard InChI is InChI=1S/C26H31N7O4S/c1-3-23(37-2)31-38(36)21-10-6-18(7-11-21)22-12-13-28-26(30-22)29-20-8-4-19(5-9-20)24(34)32-14-16-33(17-15-32)25(27)35/h4-13,23,31H,3,14-17H2,1-2H3,(H2,27,35)(H,28,29,30). The minimum atomic E-state index is -1.39. The van der Waals surface area contributed by atoms with Gasteiger partial charge in [0.1, 0.15) is 17.2 Å². The lowest BCUT2D eigenvalue weighted by molar-refractivity contribution is 0.0669. The van der Waals surface area contributed by atoms with Gasteiger partial charge in [-0.25, -0.2) is 23.7 Å². The van der Waals surface area contributed by atoms with Crippen LogP contribution in [0, 0.1) is 0 Å². The molecule has 0 aliphatic carbocycles. The molecule has 4 N–H and O–H groups in total. The van der Waals surface area contributed by atoms with Gasteiger partial charge in [0.2, 0.25) is 5.95 Å². The van der Waals surface area contributed by atoms with Gasteiger partial charge in [0.05, 0.1) is 10.6 Å². The third-order valence-corrected chi connectivity index (χ3v) is 7.36. The fourth-order valence-corrected chi connectivity index (χ4v) is 4.97. The van der Waals surface area contributed by atoms with E-state index in [1.54, 1.807) is 60.7 Å². The number of nitrogens with zero attached hydrogens (tertiary/aromatic N) is 4. The smallest absolute Gasteiger partial charge is 0.314 e. The lowest BCUT2D eigenvalue weighted by Crippen LogP contribution is -2.52. The Morgan fingerprint density at radius 1 is 1.03 bits per heavy atom. The Kier molecular flexibility index (Phi) is 9.00. The summed E-state index contributed by atoms with van der Waals surface area (Å²) in [6, 6.07) is 15.7. The number of carbonyl (C=O) groups is 2. The number of hydrogen-bond donors (Lipinski definition) is 3. The van der Waals surface area contributed by atoms with Gasteiger partial charge >= 0.3 is 6.03 Å². The predicted octanol–water partition coefficient (Wildman–Crippen LogP) is 2.72. The zero-order chi connectivity index (χ0) is 27.1. The molecule has 3 aromatic rings.